The Morgan fingerprint density at radius 1 is 1.00 bits per heavy atom. The number of benzene rings is 1. The molecule has 0 saturated heterocycles. The zero-order valence-electron chi connectivity index (χ0n) is 10.5. The predicted octanol–water partition coefficient (Wildman–Crippen LogP) is 2.29. The largest absolute Gasteiger partial charge is 0.272 e. The molecule has 0 saturated carbocycles. The van der Waals surface area contributed by atoms with Crippen LogP contribution in [0.25, 0.3) is 11.3 Å². The highest BCUT2D eigenvalue weighted by Crippen LogP contribution is 2.37. The van der Waals surface area contributed by atoms with Gasteiger partial charge in [0, 0.05) is 5.56 Å². The molecule has 2 aromatic rings. The van der Waals surface area contributed by atoms with E-state index < -0.39 is 0 Å². The van der Waals surface area contributed by atoms with Crippen molar-refractivity contribution < 1.29 is 0 Å². The van der Waals surface area contributed by atoms with Crippen molar-refractivity contribution in [3.05, 3.63) is 48.5 Å². The third-order valence-corrected chi connectivity index (χ3v) is 3.40. The van der Waals surface area contributed by atoms with E-state index in [1.54, 1.807) is 25.1 Å². The topological polar surface area (TPSA) is 65.8 Å². The number of aliphatic imine (C=N–C) groups is 3. The van der Waals surface area contributed by atoms with Gasteiger partial charge in [0.1, 0.15) is 24.4 Å². The number of hydrogen-bond acceptors (Lipinski definition) is 4. The minimum Gasteiger partial charge on any atom is -0.272 e. The van der Waals surface area contributed by atoms with E-state index in [4.69, 9.17) is 0 Å². The van der Waals surface area contributed by atoms with Gasteiger partial charge in [-0.2, -0.15) is 19.6 Å². The maximum atomic E-state index is 4.30. The van der Waals surface area contributed by atoms with Crippen molar-refractivity contribution >= 4 is 24.7 Å². The SMILES string of the molecule is C1=NC=NC2=CN=C[N+]12c1cn[nH]c1-c1ccccc1. The average Bonchev–Trinajstić information content (AvgIpc) is 3.15. The second kappa shape index (κ2) is 4.07. The summed E-state index contributed by atoms with van der Waals surface area (Å²) in [6, 6.07) is 10.1. The van der Waals surface area contributed by atoms with Crippen molar-refractivity contribution in [2.75, 3.05) is 0 Å². The number of aromatic nitrogens is 2. The maximum absolute atomic E-state index is 4.30. The summed E-state index contributed by atoms with van der Waals surface area (Å²) in [5.74, 6) is 0.804. The summed E-state index contributed by atoms with van der Waals surface area (Å²) in [7, 11) is 0. The summed E-state index contributed by atoms with van der Waals surface area (Å²) in [4.78, 5) is 12.7. The first kappa shape index (κ1) is 11.0. The first-order valence-electron chi connectivity index (χ1n) is 6.20. The fourth-order valence-corrected chi connectivity index (χ4v) is 2.43. The molecule has 1 N–H and O–H groups in total. The lowest BCUT2D eigenvalue weighted by Crippen LogP contribution is -2.44. The van der Waals surface area contributed by atoms with E-state index in [1.807, 2.05) is 30.3 Å². The lowest BCUT2D eigenvalue weighted by molar-refractivity contribution is 0.750. The summed E-state index contributed by atoms with van der Waals surface area (Å²) in [5, 5.41) is 7.24. The monoisotopic (exact) mass is 263 g/mol. The Kier molecular flexibility index (Phi) is 2.24. The minimum atomic E-state index is 0.261. The minimum absolute atomic E-state index is 0.261. The van der Waals surface area contributed by atoms with E-state index in [9.17, 15) is 0 Å². The maximum Gasteiger partial charge on any atom is 0.265 e. The van der Waals surface area contributed by atoms with E-state index in [-0.39, 0.29) is 4.48 Å². The third kappa shape index (κ3) is 1.42. The molecule has 20 heavy (non-hydrogen) atoms. The smallest absolute Gasteiger partial charge is 0.265 e. The fourth-order valence-electron chi connectivity index (χ4n) is 2.43. The van der Waals surface area contributed by atoms with Gasteiger partial charge in [0.05, 0.1) is 0 Å². The summed E-state index contributed by atoms with van der Waals surface area (Å²) >= 11 is 0. The predicted molar refractivity (Wildman–Crippen MR) is 79.4 cm³/mol. The van der Waals surface area contributed by atoms with Crippen molar-refractivity contribution in [3.63, 3.8) is 0 Å². The van der Waals surface area contributed by atoms with Gasteiger partial charge >= 0.3 is 0 Å². The lowest BCUT2D eigenvalue weighted by Gasteiger charge is -2.25. The Balaban J connectivity index is 1.91. The van der Waals surface area contributed by atoms with Crippen LogP contribution in [0.1, 0.15) is 0 Å². The molecule has 0 amide bonds. The number of nitrogens with zero attached hydrogens (tertiary/aromatic N) is 5. The number of quaternary nitrogens is 1. The van der Waals surface area contributed by atoms with E-state index in [1.165, 1.54) is 6.34 Å². The molecule has 0 aliphatic carbocycles. The number of nitrogens with one attached hydrogen (secondary N) is 1. The van der Waals surface area contributed by atoms with Gasteiger partial charge in [0.2, 0.25) is 12.7 Å². The van der Waals surface area contributed by atoms with E-state index in [0.717, 1.165) is 22.8 Å². The Bertz CT molecular complexity index is 768. The molecule has 1 unspecified atom stereocenters. The summed E-state index contributed by atoms with van der Waals surface area (Å²) in [6.07, 6.45) is 8.66. The first-order chi connectivity index (χ1) is 9.90. The van der Waals surface area contributed by atoms with Gasteiger partial charge in [-0.15, -0.1) is 0 Å². The van der Waals surface area contributed by atoms with Gasteiger partial charge in [-0.05, 0) is 0 Å². The summed E-state index contributed by atoms with van der Waals surface area (Å²) in [5.41, 5.74) is 2.95. The number of fused-ring (bicyclic) bond motifs is 1. The molecule has 4 rings (SSSR count). The molecule has 1 aromatic carbocycles. The zero-order valence-corrected chi connectivity index (χ0v) is 10.5. The molecule has 1 atom stereocenters. The van der Waals surface area contributed by atoms with Gasteiger partial charge in [0.15, 0.2) is 5.69 Å². The van der Waals surface area contributed by atoms with Gasteiger partial charge < -0.3 is 0 Å². The van der Waals surface area contributed by atoms with Crippen molar-refractivity contribution in [1.82, 2.24) is 14.7 Å². The van der Waals surface area contributed by atoms with Crippen LogP contribution in [0.2, 0.25) is 0 Å². The van der Waals surface area contributed by atoms with Gasteiger partial charge in [-0.25, -0.2) is 4.99 Å². The molecule has 2 aliphatic heterocycles. The van der Waals surface area contributed by atoms with Crippen LogP contribution in [-0.4, -0.2) is 29.2 Å². The molecule has 0 spiro atoms. The molecule has 6 heteroatoms. The van der Waals surface area contributed by atoms with E-state index in [2.05, 4.69) is 25.2 Å². The third-order valence-electron chi connectivity index (χ3n) is 3.40. The molecule has 0 radical (unpaired) electrons. The average molecular weight is 263 g/mol. The van der Waals surface area contributed by atoms with Crippen LogP contribution in [0, 0.1) is 0 Å². The van der Waals surface area contributed by atoms with Crippen LogP contribution in [0.3, 0.4) is 0 Å². The molecule has 0 fully saturated rings. The van der Waals surface area contributed by atoms with Crippen LogP contribution in [0.5, 0.6) is 0 Å². The zero-order chi connectivity index (χ0) is 13.4. The van der Waals surface area contributed by atoms with Crippen molar-refractivity contribution in [3.8, 4) is 11.3 Å². The Hall–Kier alpha value is -2.86. The highest BCUT2D eigenvalue weighted by atomic mass is 15.5. The van der Waals surface area contributed by atoms with Crippen molar-refractivity contribution in [2.45, 2.75) is 0 Å². The van der Waals surface area contributed by atoms with Crippen LogP contribution < -0.4 is 4.48 Å². The molecule has 3 heterocycles. The quantitative estimate of drug-likeness (QED) is 0.830. The second-order valence-electron chi connectivity index (χ2n) is 4.53. The summed E-state index contributed by atoms with van der Waals surface area (Å²) < 4.78 is 0.261. The molecule has 6 nitrogen and oxygen atoms in total. The summed E-state index contributed by atoms with van der Waals surface area (Å²) in [6.45, 7) is 0. The molecular formula is C14H11N6+. The number of rotatable bonds is 2. The van der Waals surface area contributed by atoms with Crippen molar-refractivity contribution in [1.29, 1.82) is 0 Å². The molecule has 0 bridgehead atoms. The molecule has 2 aliphatic rings. The lowest BCUT2D eigenvalue weighted by atomic mass is 10.1. The number of H-pyrrole nitrogens is 1. The molecular weight excluding hydrogens is 252 g/mol. The van der Waals surface area contributed by atoms with Crippen LogP contribution in [0.15, 0.2) is 63.5 Å². The molecule has 96 valence electrons. The van der Waals surface area contributed by atoms with Gasteiger partial charge in [-0.3, -0.25) is 5.10 Å². The van der Waals surface area contributed by atoms with Gasteiger partial charge in [0.25, 0.3) is 5.82 Å². The van der Waals surface area contributed by atoms with Gasteiger partial charge in [-0.1, -0.05) is 30.3 Å². The first-order valence-corrected chi connectivity index (χ1v) is 6.20. The van der Waals surface area contributed by atoms with Crippen LogP contribution in [-0.2, 0) is 0 Å². The molecule has 1 aromatic heterocycles. The Labute approximate surface area is 115 Å². The van der Waals surface area contributed by atoms with Crippen molar-refractivity contribution in [2.24, 2.45) is 15.0 Å². The normalized spacial score (nSPS) is 22.9. The Morgan fingerprint density at radius 3 is 2.75 bits per heavy atom. The highest BCUT2D eigenvalue weighted by molar-refractivity contribution is 6.04. The highest BCUT2D eigenvalue weighted by Gasteiger charge is 2.41. The van der Waals surface area contributed by atoms with E-state index in [0.29, 0.717) is 0 Å². The van der Waals surface area contributed by atoms with Crippen LogP contribution >= 0.6 is 0 Å². The van der Waals surface area contributed by atoms with Crippen LogP contribution in [0.4, 0.5) is 5.69 Å². The standard InChI is InChI=1S/C14H11N6/c1-2-4-11(5-3-1)14-12(6-18-19-14)20-9-15-7-13(20)17-8-16-10-20/h1-10H,(H,18,19)/q+1. The number of hydrogen-bond donors (Lipinski definition) is 1. The second-order valence-corrected chi connectivity index (χ2v) is 4.53. The van der Waals surface area contributed by atoms with E-state index >= 15 is 0 Å². The number of aromatic amines is 1. The Morgan fingerprint density at radius 2 is 1.85 bits per heavy atom. The fraction of sp³-hybridized carbons (Fsp3) is 0.